The average molecular weight is 282 g/mol. The van der Waals surface area contributed by atoms with Gasteiger partial charge in [0.25, 0.3) is 0 Å². The smallest absolute Gasteiger partial charge is 0.224 e. The molecule has 20 heavy (non-hydrogen) atoms. The van der Waals surface area contributed by atoms with Gasteiger partial charge in [0.15, 0.2) is 5.78 Å². The zero-order valence-corrected chi connectivity index (χ0v) is 11.2. The predicted molar refractivity (Wildman–Crippen MR) is 69.0 cm³/mol. The molecule has 0 aliphatic carbocycles. The average Bonchev–Trinajstić information content (AvgIpc) is 2.75. The van der Waals surface area contributed by atoms with Crippen molar-refractivity contribution in [3.05, 3.63) is 35.4 Å². The number of amides is 1. The highest BCUT2D eigenvalue weighted by Gasteiger charge is 2.39. The fourth-order valence-corrected chi connectivity index (χ4v) is 2.39. The molecule has 2 rings (SSSR count). The van der Waals surface area contributed by atoms with E-state index in [4.69, 9.17) is 5.73 Å². The van der Waals surface area contributed by atoms with Crippen LogP contribution in [0.5, 0.6) is 0 Å². The quantitative estimate of drug-likeness (QED) is 0.848. The lowest BCUT2D eigenvalue weighted by Crippen LogP contribution is -2.38. The number of carbonyl (C=O) groups is 2. The van der Waals surface area contributed by atoms with Crippen molar-refractivity contribution in [1.82, 2.24) is 4.90 Å². The van der Waals surface area contributed by atoms with E-state index in [1.54, 1.807) is 11.8 Å². The number of nitrogens with zero attached hydrogens (tertiary/aromatic N) is 1. The summed E-state index contributed by atoms with van der Waals surface area (Å²) in [6, 6.07) is 2.78. The molecule has 1 aliphatic heterocycles. The molecule has 1 unspecified atom stereocenters. The number of carbonyl (C=O) groups excluding carboxylic acids is 2. The summed E-state index contributed by atoms with van der Waals surface area (Å²) in [5.74, 6) is -2.31. The molecule has 6 heteroatoms. The molecular formula is C14H16F2N2O2. The fraction of sp³-hybridized carbons (Fsp3) is 0.429. The maximum absolute atomic E-state index is 13.5. The van der Waals surface area contributed by atoms with E-state index in [-0.39, 0.29) is 12.1 Å². The van der Waals surface area contributed by atoms with Gasteiger partial charge < -0.3 is 5.73 Å². The van der Waals surface area contributed by atoms with Crippen molar-refractivity contribution in [3.63, 3.8) is 0 Å². The Hall–Kier alpha value is -1.82. The molecule has 1 amide bonds. The van der Waals surface area contributed by atoms with E-state index in [1.807, 2.05) is 0 Å². The Morgan fingerprint density at radius 1 is 1.40 bits per heavy atom. The SMILES string of the molecule is CC1(C(N)=O)CCN(CC(=O)c2cc(F)ccc2F)C1. The topological polar surface area (TPSA) is 63.4 Å². The largest absolute Gasteiger partial charge is 0.369 e. The van der Waals surface area contributed by atoms with Crippen LogP contribution in [0.1, 0.15) is 23.7 Å². The van der Waals surface area contributed by atoms with Gasteiger partial charge in [-0.05, 0) is 38.1 Å². The Kier molecular flexibility index (Phi) is 3.85. The van der Waals surface area contributed by atoms with Crippen molar-refractivity contribution in [1.29, 1.82) is 0 Å². The van der Waals surface area contributed by atoms with Gasteiger partial charge in [-0.15, -0.1) is 0 Å². The first kappa shape index (κ1) is 14.6. The van der Waals surface area contributed by atoms with Crippen LogP contribution < -0.4 is 5.73 Å². The number of nitrogens with two attached hydrogens (primary N) is 1. The second-order valence-corrected chi connectivity index (χ2v) is 5.43. The van der Waals surface area contributed by atoms with Gasteiger partial charge in [-0.2, -0.15) is 0 Å². The predicted octanol–water partition coefficient (Wildman–Crippen LogP) is 1.34. The summed E-state index contributed by atoms with van der Waals surface area (Å²) in [7, 11) is 0. The Labute approximate surface area is 115 Å². The number of ketones is 1. The highest BCUT2D eigenvalue weighted by Crippen LogP contribution is 2.29. The number of benzene rings is 1. The minimum atomic E-state index is -0.742. The van der Waals surface area contributed by atoms with Gasteiger partial charge in [-0.3, -0.25) is 14.5 Å². The third-order valence-electron chi connectivity index (χ3n) is 3.74. The summed E-state index contributed by atoms with van der Waals surface area (Å²) < 4.78 is 26.6. The molecule has 1 heterocycles. The number of primary amides is 1. The molecule has 1 saturated heterocycles. The van der Waals surface area contributed by atoms with E-state index in [0.29, 0.717) is 19.5 Å². The molecule has 1 atom stereocenters. The van der Waals surface area contributed by atoms with Crippen molar-refractivity contribution in [3.8, 4) is 0 Å². The second-order valence-electron chi connectivity index (χ2n) is 5.43. The van der Waals surface area contributed by atoms with Gasteiger partial charge in [0.1, 0.15) is 11.6 Å². The van der Waals surface area contributed by atoms with Crippen LogP contribution in [-0.4, -0.2) is 36.2 Å². The van der Waals surface area contributed by atoms with Gasteiger partial charge in [0.05, 0.1) is 17.5 Å². The zero-order chi connectivity index (χ0) is 14.9. The summed E-state index contributed by atoms with van der Waals surface area (Å²) in [5.41, 5.74) is 4.39. The molecule has 108 valence electrons. The van der Waals surface area contributed by atoms with Gasteiger partial charge in [0.2, 0.25) is 5.91 Å². The van der Waals surface area contributed by atoms with Crippen molar-refractivity contribution >= 4 is 11.7 Å². The summed E-state index contributed by atoms with van der Waals surface area (Å²) in [6.45, 7) is 2.57. The number of Topliss-reactive ketones (excluding diaryl/α,β-unsaturated/α-hetero) is 1. The molecule has 1 fully saturated rings. The van der Waals surface area contributed by atoms with E-state index in [9.17, 15) is 18.4 Å². The molecule has 1 aromatic carbocycles. The number of likely N-dealkylation sites (tertiary alicyclic amines) is 1. The lowest BCUT2D eigenvalue weighted by Gasteiger charge is -2.20. The minimum absolute atomic E-state index is 0.0523. The Morgan fingerprint density at radius 2 is 2.10 bits per heavy atom. The van der Waals surface area contributed by atoms with Crippen LogP contribution in [0.25, 0.3) is 0 Å². The number of halogens is 2. The number of rotatable bonds is 4. The van der Waals surface area contributed by atoms with Crippen LogP contribution >= 0.6 is 0 Å². The van der Waals surface area contributed by atoms with Crippen LogP contribution in [0.3, 0.4) is 0 Å². The third kappa shape index (κ3) is 2.85. The van der Waals surface area contributed by atoms with Gasteiger partial charge in [-0.1, -0.05) is 0 Å². The number of hydrogen-bond acceptors (Lipinski definition) is 3. The third-order valence-corrected chi connectivity index (χ3v) is 3.74. The molecule has 0 bridgehead atoms. The van der Waals surface area contributed by atoms with Crippen LogP contribution in [0, 0.1) is 17.0 Å². The Balaban J connectivity index is 2.06. The van der Waals surface area contributed by atoms with Gasteiger partial charge >= 0.3 is 0 Å². The van der Waals surface area contributed by atoms with E-state index >= 15 is 0 Å². The second kappa shape index (κ2) is 5.28. The molecular weight excluding hydrogens is 266 g/mol. The highest BCUT2D eigenvalue weighted by molar-refractivity contribution is 5.98. The molecule has 1 aromatic rings. The van der Waals surface area contributed by atoms with E-state index in [1.165, 1.54) is 0 Å². The molecule has 0 aromatic heterocycles. The van der Waals surface area contributed by atoms with Crippen LogP contribution in [0.15, 0.2) is 18.2 Å². The summed E-state index contributed by atoms with van der Waals surface area (Å²) >= 11 is 0. The summed E-state index contributed by atoms with van der Waals surface area (Å²) in [5, 5.41) is 0. The van der Waals surface area contributed by atoms with Crippen LogP contribution in [0.2, 0.25) is 0 Å². The first-order valence-electron chi connectivity index (χ1n) is 6.32. The fourth-order valence-electron chi connectivity index (χ4n) is 2.39. The highest BCUT2D eigenvalue weighted by atomic mass is 19.1. The number of hydrogen-bond donors (Lipinski definition) is 1. The molecule has 1 aliphatic rings. The molecule has 0 spiro atoms. The van der Waals surface area contributed by atoms with Crippen LogP contribution in [0.4, 0.5) is 8.78 Å². The zero-order valence-electron chi connectivity index (χ0n) is 11.2. The lowest BCUT2D eigenvalue weighted by atomic mass is 9.89. The first-order chi connectivity index (χ1) is 9.32. The summed E-state index contributed by atoms with van der Waals surface area (Å²) in [4.78, 5) is 25.0. The van der Waals surface area contributed by atoms with E-state index < -0.39 is 28.7 Å². The maximum atomic E-state index is 13.5. The molecule has 4 nitrogen and oxygen atoms in total. The standard InChI is InChI=1S/C14H16F2N2O2/c1-14(13(17)20)4-5-18(8-14)7-12(19)10-6-9(15)2-3-11(10)16/h2-3,6H,4-5,7-8H2,1H3,(H2,17,20). The van der Waals surface area contributed by atoms with Crippen molar-refractivity contribution in [2.45, 2.75) is 13.3 Å². The van der Waals surface area contributed by atoms with E-state index in [0.717, 1.165) is 18.2 Å². The van der Waals surface area contributed by atoms with Gasteiger partial charge in [-0.25, -0.2) is 8.78 Å². The summed E-state index contributed by atoms with van der Waals surface area (Å²) in [6.07, 6.45) is 0.557. The molecule has 2 N–H and O–H groups in total. The van der Waals surface area contributed by atoms with Crippen molar-refractivity contribution < 1.29 is 18.4 Å². The minimum Gasteiger partial charge on any atom is -0.369 e. The Morgan fingerprint density at radius 3 is 2.70 bits per heavy atom. The molecule has 0 saturated carbocycles. The normalized spacial score (nSPS) is 22.9. The lowest BCUT2D eigenvalue weighted by molar-refractivity contribution is -0.126. The monoisotopic (exact) mass is 282 g/mol. The van der Waals surface area contributed by atoms with Crippen LogP contribution in [-0.2, 0) is 4.79 Å². The first-order valence-corrected chi connectivity index (χ1v) is 6.32. The molecule has 0 radical (unpaired) electrons. The van der Waals surface area contributed by atoms with Crippen molar-refractivity contribution in [2.24, 2.45) is 11.1 Å². The van der Waals surface area contributed by atoms with E-state index in [2.05, 4.69) is 0 Å². The van der Waals surface area contributed by atoms with Gasteiger partial charge in [0, 0.05) is 6.54 Å². The maximum Gasteiger partial charge on any atom is 0.224 e. The Bertz CT molecular complexity index is 562. The van der Waals surface area contributed by atoms with Crippen molar-refractivity contribution in [2.75, 3.05) is 19.6 Å².